The van der Waals surface area contributed by atoms with Gasteiger partial charge in [0.05, 0.1) is 23.8 Å². The zero-order chi connectivity index (χ0) is 16.8. The van der Waals surface area contributed by atoms with E-state index in [0.29, 0.717) is 6.42 Å². The number of hydrogen-bond donors (Lipinski definition) is 0. The molecule has 0 spiro atoms. The van der Waals surface area contributed by atoms with Gasteiger partial charge in [-0.25, -0.2) is 4.79 Å². The third-order valence-corrected chi connectivity index (χ3v) is 3.87. The topological polar surface area (TPSA) is 78.5 Å². The first-order chi connectivity index (χ1) is 11.8. The number of carbonyl (C=O) groups excluding carboxylic acids is 1. The van der Waals surface area contributed by atoms with Crippen molar-refractivity contribution in [1.29, 1.82) is 0 Å². The van der Waals surface area contributed by atoms with Crippen LogP contribution < -0.4 is 0 Å². The normalized spacial score (nSPS) is 10.9. The lowest BCUT2D eigenvalue weighted by molar-refractivity contribution is 0.236. The summed E-state index contributed by atoms with van der Waals surface area (Å²) in [7, 11) is 0. The molecular formula is C17H20N6O. The third kappa shape index (κ3) is 3.56. The highest BCUT2D eigenvalue weighted by molar-refractivity contribution is 5.78. The van der Waals surface area contributed by atoms with Crippen LogP contribution in [0.4, 0.5) is 4.79 Å². The van der Waals surface area contributed by atoms with Crippen LogP contribution in [0.25, 0.3) is 0 Å². The Balaban J connectivity index is 1.91. The van der Waals surface area contributed by atoms with E-state index in [-0.39, 0.29) is 6.03 Å². The van der Waals surface area contributed by atoms with Crippen molar-refractivity contribution in [2.45, 2.75) is 39.0 Å². The fraction of sp³-hybridized carbons (Fsp3) is 0.353. The van der Waals surface area contributed by atoms with Crippen LogP contribution in [0.5, 0.6) is 0 Å². The summed E-state index contributed by atoms with van der Waals surface area (Å²) in [5.41, 5.74) is 2.81. The van der Waals surface area contributed by atoms with Crippen LogP contribution in [0.2, 0.25) is 0 Å². The Hall–Kier alpha value is -2.83. The molecule has 2 heterocycles. The van der Waals surface area contributed by atoms with Crippen molar-refractivity contribution in [2.24, 2.45) is 0 Å². The van der Waals surface area contributed by atoms with Gasteiger partial charge in [-0.1, -0.05) is 60.5 Å². The van der Waals surface area contributed by atoms with Gasteiger partial charge in [0, 0.05) is 6.42 Å². The number of benzene rings is 1. The number of aromatic nitrogens is 6. The molecule has 0 bridgehead atoms. The highest BCUT2D eigenvalue weighted by atomic mass is 16.2. The fourth-order valence-corrected chi connectivity index (χ4v) is 2.60. The molecule has 0 amide bonds. The minimum absolute atomic E-state index is 0.368. The van der Waals surface area contributed by atoms with Crippen LogP contribution in [-0.4, -0.2) is 36.0 Å². The molecule has 24 heavy (non-hydrogen) atoms. The van der Waals surface area contributed by atoms with E-state index in [9.17, 15) is 4.79 Å². The summed E-state index contributed by atoms with van der Waals surface area (Å²) in [6.45, 7) is 2.16. The second-order valence-electron chi connectivity index (χ2n) is 5.64. The lowest BCUT2D eigenvalue weighted by Gasteiger charge is -2.07. The number of carbonyl (C=O) groups is 1. The van der Waals surface area contributed by atoms with E-state index >= 15 is 0 Å². The quantitative estimate of drug-likeness (QED) is 0.651. The van der Waals surface area contributed by atoms with Crippen molar-refractivity contribution in [1.82, 2.24) is 30.0 Å². The first-order valence-electron chi connectivity index (χ1n) is 8.18. The lowest BCUT2D eigenvalue weighted by Crippen LogP contribution is -2.23. The Bertz CT molecular complexity index is 779. The van der Waals surface area contributed by atoms with Crippen LogP contribution in [0.1, 0.15) is 43.1 Å². The molecule has 0 saturated carbocycles. The molecule has 124 valence electrons. The van der Waals surface area contributed by atoms with Crippen molar-refractivity contribution in [3.8, 4) is 0 Å². The van der Waals surface area contributed by atoms with Crippen molar-refractivity contribution in [3.05, 3.63) is 59.7 Å². The van der Waals surface area contributed by atoms with E-state index in [2.05, 4.69) is 27.5 Å². The Morgan fingerprint density at radius 2 is 1.96 bits per heavy atom. The number of aryl methyl sites for hydroxylation is 1. The third-order valence-electron chi connectivity index (χ3n) is 3.87. The van der Waals surface area contributed by atoms with Crippen molar-refractivity contribution < 1.29 is 4.79 Å². The maximum atomic E-state index is 12.6. The number of unbranched alkanes of at least 4 members (excludes halogenated alkanes) is 2. The predicted octanol–water partition coefficient (Wildman–Crippen LogP) is 2.71. The molecule has 0 atom stereocenters. The summed E-state index contributed by atoms with van der Waals surface area (Å²) in [5.74, 6) is 0. The highest BCUT2D eigenvalue weighted by Gasteiger charge is 2.20. The van der Waals surface area contributed by atoms with Crippen LogP contribution in [0.15, 0.2) is 42.7 Å². The van der Waals surface area contributed by atoms with Gasteiger partial charge in [-0.3, -0.25) is 0 Å². The van der Waals surface area contributed by atoms with Crippen molar-refractivity contribution >= 4 is 6.03 Å². The zero-order valence-corrected chi connectivity index (χ0v) is 13.7. The second-order valence-corrected chi connectivity index (χ2v) is 5.64. The standard InChI is InChI=1S/C17H20N6O/c1-2-3-5-10-15-16(13-14-8-6-4-7-9-14)23(21-19-15)17(24)22-12-11-18-20-22/h4,6-9,11-12H,2-3,5,10,13H2,1H3. The molecule has 0 N–H and O–H groups in total. The molecule has 0 radical (unpaired) electrons. The average molecular weight is 324 g/mol. The van der Waals surface area contributed by atoms with Gasteiger partial charge < -0.3 is 0 Å². The SMILES string of the molecule is CCCCCc1nnn(C(=O)n2ccnn2)c1Cc1ccccc1. The molecule has 0 aliphatic heterocycles. The van der Waals surface area contributed by atoms with Gasteiger partial charge in [0.2, 0.25) is 0 Å². The number of hydrogen-bond acceptors (Lipinski definition) is 5. The fourth-order valence-electron chi connectivity index (χ4n) is 2.60. The first-order valence-corrected chi connectivity index (χ1v) is 8.18. The van der Waals surface area contributed by atoms with Crippen molar-refractivity contribution in [3.63, 3.8) is 0 Å². The minimum Gasteiger partial charge on any atom is -0.243 e. The van der Waals surface area contributed by atoms with Crippen molar-refractivity contribution in [2.75, 3.05) is 0 Å². The molecule has 7 nitrogen and oxygen atoms in total. The summed E-state index contributed by atoms with van der Waals surface area (Å²) >= 11 is 0. The Kier molecular flexibility index (Phi) is 5.10. The Morgan fingerprint density at radius 3 is 2.67 bits per heavy atom. The number of nitrogens with zero attached hydrogens (tertiary/aromatic N) is 6. The van der Waals surface area contributed by atoms with E-state index < -0.39 is 0 Å². The average Bonchev–Trinajstić information content (AvgIpc) is 3.26. The molecule has 0 saturated heterocycles. The largest absolute Gasteiger partial charge is 0.372 e. The van der Waals surface area contributed by atoms with Gasteiger partial charge in [0.1, 0.15) is 0 Å². The Labute approximate surface area is 140 Å². The molecule has 3 rings (SSSR count). The summed E-state index contributed by atoms with van der Waals surface area (Å²) in [4.78, 5) is 12.6. The maximum absolute atomic E-state index is 12.6. The molecule has 2 aromatic heterocycles. The molecule has 0 aliphatic carbocycles. The van der Waals surface area contributed by atoms with E-state index in [1.54, 1.807) is 0 Å². The molecule has 1 aromatic carbocycles. The summed E-state index contributed by atoms with van der Waals surface area (Å²) < 4.78 is 2.50. The van der Waals surface area contributed by atoms with E-state index in [1.165, 1.54) is 21.8 Å². The predicted molar refractivity (Wildman–Crippen MR) is 88.7 cm³/mol. The summed E-state index contributed by atoms with van der Waals surface area (Å²) in [6.07, 6.45) is 7.71. The van der Waals surface area contributed by atoms with E-state index in [4.69, 9.17) is 0 Å². The minimum atomic E-state index is -0.368. The van der Waals surface area contributed by atoms with Crippen LogP contribution in [-0.2, 0) is 12.8 Å². The number of rotatable bonds is 6. The monoisotopic (exact) mass is 324 g/mol. The molecule has 3 aromatic rings. The van der Waals surface area contributed by atoms with Crippen LogP contribution >= 0.6 is 0 Å². The summed E-state index contributed by atoms with van der Waals surface area (Å²) in [6, 6.07) is 9.65. The lowest BCUT2D eigenvalue weighted by atomic mass is 10.1. The second kappa shape index (κ2) is 7.63. The van der Waals surface area contributed by atoms with Gasteiger partial charge in [-0.15, -0.1) is 10.2 Å². The molecule has 7 heteroatoms. The van der Waals surface area contributed by atoms with Gasteiger partial charge in [0.25, 0.3) is 0 Å². The molecular weight excluding hydrogens is 304 g/mol. The van der Waals surface area contributed by atoms with E-state index in [0.717, 1.165) is 42.6 Å². The van der Waals surface area contributed by atoms with Gasteiger partial charge in [-0.05, 0) is 18.4 Å². The molecule has 0 fully saturated rings. The smallest absolute Gasteiger partial charge is 0.243 e. The molecule has 0 unspecified atom stereocenters. The van der Waals surface area contributed by atoms with E-state index in [1.807, 2.05) is 30.3 Å². The maximum Gasteiger partial charge on any atom is 0.372 e. The van der Waals surface area contributed by atoms with Gasteiger partial charge in [0.15, 0.2) is 0 Å². The van der Waals surface area contributed by atoms with Crippen LogP contribution in [0, 0.1) is 0 Å². The molecule has 0 aliphatic rings. The first kappa shape index (κ1) is 16.0. The van der Waals surface area contributed by atoms with Gasteiger partial charge in [-0.2, -0.15) is 9.36 Å². The highest BCUT2D eigenvalue weighted by Crippen LogP contribution is 2.15. The van der Waals surface area contributed by atoms with Gasteiger partial charge >= 0.3 is 6.03 Å². The zero-order valence-electron chi connectivity index (χ0n) is 13.7. The Morgan fingerprint density at radius 1 is 1.12 bits per heavy atom. The van der Waals surface area contributed by atoms with Crippen LogP contribution in [0.3, 0.4) is 0 Å². The summed E-state index contributed by atoms with van der Waals surface area (Å²) in [5, 5.41) is 15.8.